The molecule has 1 amide bonds. The molecule has 0 radical (unpaired) electrons. The molecule has 1 aliphatic rings. The minimum atomic E-state index is -0.770. The number of rotatable bonds is 3. The lowest BCUT2D eigenvalue weighted by atomic mass is 9.98. The summed E-state index contributed by atoms with van der Waals surface area (Å²) in [5.41, 5.74) is 2.35. The smallest absolute Gasteiger partial charge is 0.291 e. The van der Waals surface area contributed by atoms with Crippen LogP contribution in [0.2, 0.25) is 0 Å². The van der Waals surface area contributed by atoms with Gasteiger partial charge in [0.15, 0.2) is 5.43 Å². The maximum atomic E-state index is 13.8. The molecule has 0 saturated heterocycles. The third-order valence-electron chi connectivity index (χ3n) is 5.59. The van der Waals surface area contributed by atoms with Crippen molar-refractivity contribution < 1.29 is 18.0 Å². The molecule has 154 valence electrons. The topological polar surface area (TPSA) is 50.5 Å². The summed E-state index contributed by atoms with van der Waals surface area (Å²) in [6.45, 7) is 2.20. The normalized spacial score (nSPS) is 15.5. The average molecular weight is 417 g/mol. The summed E-state index contributed by atoms with van der Waals surface area (Å²) < 4.78 is 33.1. The van der Waals surface area contributed by atoms with E-state index in [1.54, 1.807) is 12.1 Å². The van der Waals surface area contributed by atoms with E-state index in [-0.39, 0.29) is 28.8 Å². The van der Waals surface area contributed by atoms with E-state index in [4.69, 9.17) is 4.42 Å². The number of hydrogen-bond acceptors (Lipinski definition) is 3. The third kappa shape index (κ3) is 3.20. The van der Waals surface area contributed by atoms with Crippen molar-refractivity contribution in [2.45, 2.75) is 19.5 Å². The predicted molar refractivity (Wildman–Crippen MR) is 112 cm³/mol. The standard InChI is InChI=1S/C25H17F2NO3/c1-14-2-4-15(5-3-14)13-28-22(16-6-8-17(26)9-7-16)21-23(29)19-12-18(27)10-11-20(19)31-24(21)25(28)30/h2-12,22H,13H2,1H3/t22-/m1/s1. The number of nitrogens with zero attached hydrogens (tertiary/aromatic N) is 1. The van der Waals surface area contributed by atoms with Crippen LogP contribution in [-0.4, -0.2) is 10.8 Å². The van der Waals surface area contributed by atoms with Crippen molar-refractivity contribution in [3.63, 3.8) is 0 Å². The van der Waals surface area contributed by atoms with Gasteiger partial charge >= 0.3 is 0 Å². The van der Waals surface area contributed by atoms with Gasteiger partial charge in [-0.1, -0.05) is 42.0 Å². The van der Waals surface area contributed by atoms with Crippen molar-refractivity contribution in [2.75, 3.05) is 0 Å². The van der Waals surface area contributed by atoms with E-state index in [9.17, 15) is 18.4 Å². The molecule has 4 aromatic rings. The molecule has 0 aliphatic carbocycles. The first-order chi connectivity index (χ1) is 14.9. The Balaban J connectivity index is 1.72. The second kappa shape index (κ2) is 7.16. The Morgan fingerprint density at radius 3 is 2.29 bits per heavy atom. The number of halogens is 2. The zero-order valence-electron chi connectivity index (χ0n) is 16.6. The Labute approximate surface area is 176 Å². The van der Waals surface area contributed by atoms with Crippen LogP contribution in [0.1, 0.15) is 38.9 Å². The van der Waals surface area contributed by atoms with E-state index in [1.807, 2.05) is 31.2 Å². The molecule has 0 fully saturated rings. The van der Waals surface area contributed by atoms with Gasteiger partial charge in [-0.25, -0.2) is 8.78 Å². The Morgan fingerprint density at radius 2 is 1.58 bits per heavy atom. The monoisotopic (exact) mass is 417 g/mol. The number of carbonyl (C=O) groups excluding carboxylic acids is 1. The molecule has 0 spiro atoms. The van der Waals surface area contributed by atoms with E-state index in [0.717, 1.165) is 17.2 Å². The van der Waals surface area contributed by atoms with Crippen molar-refractivity contribution in [1.82, 2.24) is 4.90 Å². The highest BCUT2D eigenvalue weighted by Crippen LogP contribution is 2.39. The lowest BCUT2D eigenvalue weighted by Gasteiger charge is -2.25. The summed E-state index contributed by atoms with van der Waals surface area (Å²) >= 11 is 0. The van der Waals surface area contributed by atoms with Gasteiger partial charge in [0.2, 0.25) is 5.76 Å². The molecule has 6 heteroatoms. The van der Waals surface area contributed by atoms with E-state index in [1.165, 1.54) is 29.2 Å². The maximum Gasteiger partial charge on any atom is 0.291 e. The molecule has 0 saturated carbocycles. The fourth-order valence-electron chi connectivity index (χ4n) is 4.04. The van der Waals surface area contributed by atoms with Gasteiger partial charge in [0.05, 0.1) is 17.0 Å². The molecule has 3 aromatic carbocycles. The number of fused-ring (bicyclic) bond motifs is 2. The van der Waals surface area contributed by atoms with Crippen LogP contribution in [0.4, 0.5) is 8.78 Å². The summed E-state index contributed by atoms with van der Waals surface area (Å²) in [4.78, 5) is 28.2. The number of carbonyl (C=O) groups is 1. The highest BCUT2D eigenvalue weighted by atomic mass is 19.1. The Hall–Kier alpha value is -3.80. The highest BCUT2D eigenvalue weighted by Gasteiger charge is 2.42. The minimum Gasteiger partial charge on any atom is -0.450 e. The van der Waals surface area contributed by atoms with Gasteiger partial charge in [-0.2, -0.15) is 0 Å². The van der Waals surface area contributed by atoms with Crippen LogP contribution in [0.15, 0.2) is 75.9 Å². The maximum absolute atomic E-state index is 13.8. The minimum absolute atomic E-state index is 0.0643. The molecule has 31 heavy (non-hydrogen) atoms. The lowest BCUT2D eigenvalue weighted by molar-refractivity contribution is 0.0714. The third-order valence-corrected chi connectivity index (χ3v) is 5.59. The Kier molecular flexibility index (Phi) is 4.43. The van der Waals surface area contributed by atoms with Gasteiger partial charge in [-0.3, -0.25) is 9.59 Å². The molecule has 4 nitrogen and oxygen atoms in total. The zero-order chi connectivity index (χ0) is 21.7. The Bertz CT molecular complexity index is 1380. The molecule has 1 aromatic heterocycles. The first-order valence-electron chi connectivity index (χ1n) is 9.80. The fraction of sp³-hybridized carbons (Fsp3) is 0.120. The zero-order valence-corrected chi connectivity index (χ0v) is 16.6. The van der Waals surface area contributed by atoms with E-state index < -0.39 is 29.0 Å². The van der Waals surface area contributed by atoms with Gasteiger partial charge in [-0.15, -0.1) is 0 Å². The van der Waals surface area contributed by atoms with Crippen LogP contribution < -0.4 is 5.43 Å². The van der Waals surface area contributed by atoms with Crippen molar-refractivity contribution in [3.8, 4) is 0 Å². The molecule has 5 rings (SSSR count). The molecule has 2 heterocycles. The molecule has 1 atom stereocenters. The van der Waals surface area contributed by atoms with Crippen LogP contribution >= 0.6 is 0 Å². The second-order valence-corrected chi connectivity index (χ2v) is 7.69. The summed E-state index contributed by atoms with van der Waals surface area (Å²) in [5, 5.41) is 0.0656. The largest absolute Gasteiger partial charge is 0.450 e. The summed E-state index contributed by atoms with van der Waals surface area (Å²) in [6.07, 6.45) is 0. The van der Waals surface area contributed by atoms with Gasteiger partial charge in [0.25, 0.3) is 5.91 Å². The predicted octanol–water partition coefficient (Wildman–Crippen LogP) is 5.13. The first-order valence-corrected chi connectivity index (χ1v) is 9.80. The highest BCUT2D eigenvalue weighted by molar-refractivity contribution is 5.99. The van der Waals surface area contributed by atoms with Crippen LogP contribution in [0.25, 0.3) is 11.0 Å². The quantitative estimate of drug-likeness (QED) is 0.465. The van der Waals surface area contributed by atoms with Crippen LogP contribution in [0, 0.1) is 18.6 Å². The lowest BCUT2D eigenvalue weighted by Crippen LogP contribution is -2.29. The van der Waals surface area contributed by atoms with Crippen LogP contribution in [0.5, 0.6) is 0 Å². The SMILES string of the molecule is Cc1ccc(CN2C(=O)c3oc4ccc(F)cc4c(=O)c3[C@H]2c2ccc(F)cc2)cc1. The number of benzene rings is 3. The summed E-state index contributed by atoms with van der Waals surface area (Å²) in [5.74, 6) is -1.50. The van der Waals surface area contributed by atoms with E-state index in [0.29, 0.717) is 5.56 Å². The fourth-order valence-corrected chi connectivity index (χ4v) is 4.04. The van der Waals surface area contributed by atoms with Gasteiger partial charge < -0.3 is 9.32 Å². The average Bonchev–Trinajstić information content (AvgIpc) is 3.03. The molecular weight excluding hydrogens is 400 g/mol. The van der Waals surface area contributed by atoms with Crippen LogP contribution in [-0.2, 0) is 6.54 Å². The van der Waals surface area contributed by atoms with Gasteiger partial charge in [0.1, 0.15) is 17.2 Å². The van der Waals surface area contributed by atoms with Crippen molar-refractivity contribution in [2.24, 2.45) is 0 Å². The molecule has 0 unspecified atom stereocenters. The van der Waals surface area contributed by atoms with Crippen LogP contribution in [0.3, 0.4) is 0 Å². The molecule has 0 bridgehead atoms. The van der Waals surface area contributed by atoms with E-state index >= 15 is 0 Å². The van der Waals surface area contributed by atoms with Crippen molar-refractivity contribution in [1.29, 1.82) is 0 Å². The molecular formula is C25H17F2NO3. The molecule has 1 aliphatic heterocycles. The van der Waals surface area contributed by atoms with Crippen molar-refractivity contribution >= 4 is 16.9 Å². The number of hydrogen-bond donors (Lipinski definition) is 0. The number of aryl methyl sites for hydroxylation is 1. The van der Waals surface area contributed by atoms with Crippen molar-refractivity contribution in [3.05, 3.63) is 117 Å². The second-order valence-electron chi connectivity index (χ2n) is 7.69. The first kappa shape index (κ1) is 19.2. The summed E-state index contributed by atoms with van der Waals surface area (Å²) in [6, 6.07) is 16.2. The number of amides is 1. The Morgan fingerprint density at radius 1 is 0.903 bits per heavy atom. The summed E-state index contributed by atoms with van der Waals surface area (Å²) in [7, 11) is 0. The van der Waals surface area contributed by atoms with Gasteiger partial charge in [-0.05, 0) is 48.4 Å². The molecule has 0 N–H and O–H groups in total. The van der Waals surface area contributed by atoms with Gasteiger partial charge in [0, 0.05) is 6.54 Å². The van der Waals surface area contributed by atoms with E-state index in [2.05, 4.69) is 0 Å².